The van der Waals surface area contributed by atoms with E-state index in [1.807, 2.05) is 0 Å². The van der Waals surface area contributed by atoms with E-state index in [1.165, 1.54) is 19.5 Å². The third kappa shape index (κ3) is 3.53. The summed E-state index contributed by atoms with van der Waals surface area (Å²) in [6.45, 7) is -2.25. The fourth-order valence-electron chi connectivity index (χ4n) is 2.59. The molecular weight excluding hydrogens is 268 g/mol. The highest BCUT2D eigenvalue weighted by atomic mass is 19.3. The Hall–Kier alpha value is -1.50. The number of nitrogens with one attached hydrogen (secondary N) is 1. The molecular formula is C13H19F2N3O2. The third-order valence-electron chi connectivity index (χ3n) is 3.77. The molecule has 7 heteroatoms. The Morgan fingerprint density at radius 1 is 1.50 bits per heavy atom. The van der Waals surface area contributed by atoms with Crippen molar-refractivity contribution in [1.29, 1.82) is 0 Å². The Balaban J connectivity index is 1.79. The van der Waals surface area contributed by atoms with E-state index in [9.17, 15) is 13.6 Å². The summed E-state index contributed by atoms with van der Waals surface area (Å²) in [7, 11) is 1.40. The number of alkyl halides is 2. The summed E-state index contributed by atoms with van der Waals surface area (Å²) in [5.74, 6) is 0.146. The van der Waals surface area contributed by atoms with Gasteiger partial charge in [-0.2, -0.15) is 8.78 Å². The number of methoxy groups -OCH3 is 1. The Kier molecular flexibility index (Phi) is 5.05. The molecule has 0 aromatic carbocycles. The van der Waals surface area contributed by atoms with Crippen LogP contribution in [0.3, 0.4) is 0 Å². The zero-order chi connectivity index (χ0) is 14.5. The Morgan fingerprint density at radius 3 is 2.80 bits per heavy atom. The van der Waals surface area contributed by atoms with E-state index in [4.69, 9.17) is 4.74 Å². The lowest BCUT2D eigenvalue weighted by Gasteiger charge is -2.27. The van der Waals surface area contributed by atoms with Gasteiger partial charge in [0.05, 0.1) is 19.6 Å². The van der Waals surface area contributed by atoms with Crippen LogP contribution in [-0.4, -0.2) is 28.7 Å². The van der Waals surface area contributed by atoms with Gasteiger partial charge in [-0.25, -0.2) is 4.98 Å². The van der Waals surface area contributed by atoms with Gasteiger partial charge >= 0.3 is 12.5 Å². The fraction of sp³-hybridized carbons (Fsp3) is 0.692. The van der Waals surface area contributed by atoms with E-state index in [0.29, 0.717) is 12.4 Å². The minimum Gasteiger partial charge on any atom is -0.469 e. The summed E-state index contributed by atoms with van der Waals surface area (Å²) >= 11 is 0. The Labute approximate surface area is 116 Å². The number of carbonyl (C=O) groups excluding carboxylic acids is 1. The highest BCUT2D eigenvalue weighted by Gasteiger charge is 2.26. The second-order valence-electron chi connectivity index (χ2n) is 4.98. The fourth-order valence-corrected chi connectivity index (χ4v) is 2.59. The van der Waals surface area contributed by atoms with Crippen LogP contribution in [0.1, 0.15) is 38.1 Å². The van der Waals surface area contributed by atoms with Crippen molar-refractivity contribution in [3.8, 4) is 0 Å². The second kappa shape index (κ2) is 6.78. The van der Waals surface area contributed by atoms with Gasteiger partial charge in [0.1, 0.15) is 5.82 Å². The van der Waals surface area contributed by atoms with E-state index in [0.717, 1.165) is 30.3 Å². The first-order chi connectivity index (χ1) is 9.61. The van der Waals surface area contributed by atoms with Crippen molar-refractivity contribution in [1.82, 2.24) is 14.9 Å². The van der Waals surface area contributed by atoms with E-state index in [2.05, 4.69) is 10.3 Å². The molecule has 1 saturated carbocycles. The lowest BCUT2D eigenvalue weighted by molar-refractivity contribution is -0.146. The number of halogens is 2. The minimum absolute atomic E-state index is 0.0268. The largest absolute Gasteiger partial charge is 0.469 e. The SMILES string of the molecule is COC(=O)C1CCC(NCc2nccn2C(F)F)CC1. The van der Waals surface area contributed by atoms with Crippen molar-refractivity contribution in [2.45, 2.75) is 44.8 Å². The summed E-state index contributed by atoms with van der Waals surface area (Å²) in [4.78, 5) is 15.3. The maximum absolute atomic E-state index is 12.6. The number of nitrogens with zero attached hydrogens (tertiary/aromatic N) is 2. The molecule has 112 valence electrons. The van der Waals surface area contributed by atoms with Gasteiger partial charge in [0.15, 0.2) is 0 Å². The number of hydrogen-bond donors (Lipinski definition) is 1. The van der Waals surface area contributed by atoms with Crippen LogP contribution in [0.25, 0.3) is 0 Å². The zero-order valence-corrected chi connectivity index (χ0v) is 11.4. The van der Waals surface area contributed by atoms with Gasteiger partial charge in [-0.05, 0) is 25.7 Å². The van der Waals surface area contributed by atoms with Crippen LogP contribution in [0, 0.1) is 5.92 Å². The molecule has 2 rings (SSSR count). The minimum atomic E-state index is -2.57. The second-order valence-corrected chi connectivity index (χ2v) is 4.98. The Bertz CT molecular complexity index is 443. The van der Waals surface area contributed by atoms with Crippen LogP contribution < -0.4 is 5.32 Å². The molecule has 0 atom stereocenters. The van der Waals surface area contributed by atoms with Crippen molar-refractivity contribution >= 4 is 5.97 Å². The first-order valence-corrected chi connectivity index (χ1v) is 6.73. The molecule has 0 spiro atoms. The predicted molar refractivity (Wildman–Crippen MR) is 68.1 cm³/mol. The average Bonchev–Trinajstić information content (AvgIpc) is 2.93. The summed E-state index contributed by atoms with van der Waals surface area (Å²) in [5, 5.41) is 3.23. The quantitative estimate of drug-likeness (QED) is 0.843. The third-order valence-corrected chi connectivity index (χ3v) is 3.77. The number of rotatable bonds is 5. The zero-order valence-electron chi connectivity index (χ0n) is 11.4. The van der Waals surface area contributed by atoms with E-state index in [-0.39, 0.29) is 17.9 Å². The van der Waals surface area contributed by atoms with Crippen molar-refractivity contribution in [2.75, 3.05) is 7.11 Å². The van der Waals surface area contributed by atoms with E-state index in [1.54, 1.807) is 0 Å². The topological polar surface area (TPSA) is 56.1 Å². The Morgan fingerprint density at radius 2 is 2.20 bits per heavy atom. The van der Waals surface area contributed by atoms with E-state index < -0.39 is 6.55 Å². The molecule has 1 aromatic heterocycles. The lowest BCUT2D eigenvalue weighted by Crippen LogP contribution is -2.35. The summed E-state index contributed by atoms with van der Waals surface area (Å²) < 4.78 is 30.9. The van der Waals surface area contributed by atoms with Crippen LogP contribution in [0.2, 0.25) is 0 Å². The molecule has 0 saturated heterocycles. The van der Waals surface area contributed by atoms with Gasteiger partial charge in [-0.15, -0.1) is 0 Å². The molecule has 1 aromatic rings. The lowest BCUT2D eigenvalue weighted by atomic mass is 9.86. The molecule has 1 fully saturated rings. The van der Waals surface area contributed by atoms with Crippen LogP contribution >= 0.6 is 0 Å². The van der Waals surface area contributed by atoms with Crippen molar-refractivity contribution in [3.05, 3.63) is 18.2 Å². The van der Waals surface area contributed by atoms with Gasteiger partial charge < -0.3 is 10.1 Å². The molecule has 1 aliphatic rings. The molecule has 0 bridgehead atoms. The molecule has 20 heavy (non-hydrogen) atoms. The van der Waals surface area contributed by atoms with E-state index >= 15 is 0 Å². The first-order valence-electron chi connectivity index (χ1n) is 6.73. The highest BCUT2D eigenvalue weighted by molar-refractivity contribution is 5.72. The summed E-state index contributed by atoms with van der Waals surface area (Å²) in [6.07, 6.45) is 5.87. The maximum Gasteiger partial charge on any atom is 0.319 e. The number of imidazole rings is 1. The molecule has 5 nitrogen and oxygen atoms in total. The van der Waals surface area contributed by atoms with Crippen LogP contribution in [0.5, 0.6) is 0 Å². The average molecular weight is 287 g/mol. The smallest absolute Gasteiger partial charge is 0.319 e. The van der Waals surface area contributed by atoms with Crippen molar-refractivity contribution in [2.24, 2.45) is 5.92 Å². The van der Waals surface area contributed by atoms with Gasteiger partial charge in [0.2, 0.25) is 0 Å². The number of hydrogen-bond acceptors (Lipinski definition) is 4. The summed E-state index contributed by atoms with van der Waals surface area (Å²) in [6, 6.07) is 0.235. The van der Waals surface area contributed by atoms with Crippen molar-refractivity contribution < 1.29 is 18.3 Å². The summed E-state index contributed by atoms with van der Waals surface area (Å²) in [5.41, 5.74) is 0. The molecule has 1 heterocycles. The van der Waals surface area contributed by atoms with Gasteiger partial charge in [0.25, 0.3) is 0 Å². The van der Waals surface area contributed by atoms with Crippen LogP contribution in [-0.2, 0) is 16.1 Å². The molecule has 1 aliphatic carbocycles. The van der Waals surface area contributed by atoms with Crippen LogP contribution in [0.4, 0.5) is 8.78 Å². The number of esters is 1. The van der Waals surface area contributed by atoms with Gasteiger partial charge in [-0.1, -0.05) is 0 Å². The number of aromatic nitrogens is 2. The van der Waals surface area contributed by atoms with Crippen molar-refractivity contribution in [3.63, 3.8) is 0 Å². The molecule has 0 unspecified atom stereocenters. The van der Waals surface area contributed by atoms with Gasteiger partial charge in [-0.3, -0.25) is 9.36 Å². The number of ether oxygens (including phenoxy) is 1. The normalized spacial score (nSPS) is 23.0. The molecule has 0 radical (unpaired) electrons. The highest BCUT2D eigenvalue weighted by Crippen LogP contribution is 2.25. The molecule has 0 amide bonds. The maximum atomic E-state index is 12.6. The first kappa shape index (κ1) is 14.9. The molecule has 1 N–H and O–H groups in total. The standard InChI is InChI=1S/C13H19F2N3O2/c1-20-12(19)9-2-4-10(5-3-9)17-8-11-16-6-7-18(11)13(14)15/h6-7,9-10,13,17H,2-5,8H2,1H3. The van der Waals surface area contributed by atoms with Gasteiger partial charge in [0, 0.05) is 18.4 Å². The monoisotopic (exact) mass is 287 g/mol. The molecule has 0 aliphatic heterocycles. The number of carbonyl (C=O) groups is 1. The predicted octanol–water partition coefficient (Wildman–Crippen LogP) is 2.10. The van der Waals surface area contributed by atoms with Crippen LogP contribution in [0.15, 0.2) is 12.4 Å².